The number of allylic oxidation sites excluding steroid dienone is 1. The first kappa shape index (κ1) is 12.0. The molecule has 84 valence electrons. The minimum Gasteiger partial charge on any atom is -0.497 e. The molecule has 0 heterocycles. The van der Waals surface area contributed by atoms with E-state index in [1.54, 1.807) is 38.3 Å². The smallest absolute Gasteiger partial charge is 0.242 e. The monoisotopic (exact) mass is 218 g/mol. The van der Waals surface area contributed by atoms with Crippen LogP contribution in [0.3, 0.4) is 0 Å². The van der Waals surface area contributed by atoms with Gasteiger partial charge in [-0.15, -0.1) is 0 Å². The standard InChI is InChI=1S/C12H14N2O2/c1-8(13)11(7-12(14)15)9-3-5-10(16-2)6-4-9/h3-7,13H,1-2H3,(H2,14,15)/b11-7+,13-8?. The van der Waals surface area contributed by atoms with E-state index in [0.29, 0.717) is 11.3 Å². The van der Waals surface area contributed by atoms with E-state index in [-0.39, 0.29) is 0 Å². The van der Waals surface area contributed by atoms with Crippen molar-refractivity contribution in [2.24, 2.45) is 5.73 Å². The third-order valence-corrected chi connectivity index (χ3v) is 2.09. The van der Waals surface area contributed by atoms with E-state index in [1.807, 2.05) is 0 Å². The van der Waals surface area contributed by atoms with Gasteiger partial charge in [0, 0.05) is 17.4 Å². The van der Waals surface area contributed by atoms with Gasteiger partial charge in [-0.2, -0.15) is 0 Å². The van der Waals surface area contributed by atoms with Crippen LogP contribution in [0.1, 0.15) is 12.5 Å². The first-order valence-corrected chi connectivity index (χ1v) is 4.75. The number of hydrogen-bond donors (Lipinski definition) is 2. The molecule has 0 aliphatic carbocycles. The normalized spacial score (nSPS) is 11.0. The Morgan fingerprint density at radius 3 is 2.31 bits per heavy atom. The molecule has 0 spiro atoms. The Labute approximate surface area is 94.2 Å². The van der Waals surface area contributed by atoms with Gasteiger partial charge in [0.25, 0.3) is 0 Å². The van der Waals surface area contributed by atoms with Crippen molar-refractivity contribution in [2.45, 2.75) is 6.92 Å². The van der Waals surface area contributed by atoms with Crippen molar-refractivity contribution in [2.75, 3.05) is 7.11 Å². The minimum absolute atomic E-state index is 0.295. The van der Waals surface area contributed by atoms with Crippen molar-refractivity contribution in [3.05, 3.63) is 35.9 Å². The van der Waals surface area contributed by atoms with Gasteiger partial charge in [-0.05, 0) is 24.6 Å². The highest BCUT2D eigenvalue weighted by atomic mass is 16.5. The van der Waals surface area contributed by atoms with Gasteiger partial charge in [0.05, 0.1) is 7.11 Å². The van der Waals surface area contributed by atoms with Crippen LogP contribution in [0.15, 0.2) is 30.3 Å². The fraction of sp³-hybridized carbons (Fsp3) is 0.167. The highest BCUT2D eigenvalue weighted by Crippen LogP contribution is 2.19. The van der Waals surface area contributed by atoms with Crippen molar-refractivity contribution in [1.29, 1.82) is 5.41 Å². The molecule has 0 radical (unpaired) electrons. The summed E-state index contributed by atoms with van der Waals surface area (Å²) in [4.78, 5) is 10.8. The second-order valence-electron chi connectivity index (χ2n) is 3.31. The Morgan fingerprint density at radius 1 is 1.38 bits per heavy atom. The largest absolute Gasteiger partial charge is 0.497 e. The number of ether oxygens (including phenoxy) is 1. The number of nitrogens with two attached hydrogens (primary N) is 1. The lowest BCUT2D eigenvalue weighted by Crippen LogP contribution is -2.09. The van der Waals surface area contributed by atoms with Crippen LogP contribution in [-0.2, 0) is 4.79 Å². The molecular weight excluding hydrogens is 204 g/mol. The Balaban J connectivity index is 3.12. The summed E-state index contributed by atoms with van der Waals surface area (Å²) in [5, 5.41) is 7.57. The number of carbonyl (C=O) groups excluding carboxylic acids is 1. The van der Waals surface area contributed by atoms with Crippen molar-refractivity contribution in [3.63, 3.8) is 0 Å². The van der Waals surface area contributed by atoms with Gasteiger partial charge in [-0.1, -0.05) is 12.1 Å². The molecule has 0 bridgehead atoms. The third-order valence-electron chi connectivity index (χ3n) is 2.09. The quantitative estimate of drug-likeness (QED) is 0.595. The van der Waals surface area contributed by atoms with Gasteiger partial charge in [-0.3, -0.25) is 4.79 Å². The summed E-state index contributed by atoms with van der Waals surface area (Å²) >= 11 is 0. The summed E-state index contributed by atoms with van der Waals surface area (Å²) < 4.78 is 5.03. The average molecular weight is 218 g/mol. The molecule has 0 aliphatic rings. The van der Waals surface area contributed by atoms with Crippen LogP contribution >= 0.6 is 0 Å². The topological polar surface area (TPSA) is 76.2 Å². The molecule has 4 nitrogen and oxygen atoms in total. The molecule has 1 amide bonds. The maximum Gasteiger partial charge on any atom is 0.242 e. The van der Waals surface area contributed by atoms with Gasteiger partial charge < -0.3 is 15.9 Å². The van der Waals surface area contributed by atoms with E-state index in [1.165, 1.54) is 6.08 Å². The molecule has 0 saturated carbocycles. The molecule has 1 aromatic rings. The molecule has 0 aliphatic heterocycles. The van der Waals surface area contributed by atoms with Crippen molar-refractivity contribution >= 4 is 17.2 Å². The molecule has 0 atom stereocenters. The minimum atomic E-state index is -0.558. The zero-order valence-corrected chi connectivity index (χ0v) is 9.28. The van der Waals surface area contributed by atoms with E-state index in [4.69, 9.17) is 15.9 Å². The van der Waals surface area contributed by atoms with E-state index in [0.717, 1.165) is 11.3 Å². The number of hydrogen-bond acceptors (Lipinski definition) is 3. The second kappa shape index (κ2) is 5.11. The Kier molecular flexibility index (Phi) is 3.83. The maximum atomic E-state index is 10.8. The van der Waals surface area contributed by atoms with Crippen LogP contribution in [-0.4, -0.2) is 18.7 Å². The Bertz CT molecular complexity index is 433. The van der Waals surface area contributed by atoms with Crippen LogP contribution in [0, 0.1) is 5.41 Å². The first-order chi connectivity index (χ1) is 7.54. The number of rotatable bonds is 4. The summed E-state index contributed by atoms with van der Waals surface area (Å²) in [7, 11) is 1.58. The molecule has 16 heavy (non-hydrogen) atoms. The van der Waals surface area contributed by atoms with Crippen LogP contribution < -0.4 is 10.5 Å². The number of benzene rings is 1. The first-order valence-electron chi connectivity index (χ1n) is 4.75. The van der Waals surface area contributed by atoms with Gasteiger partial charge in [0.1, 0.15) is 5.75 Å². The summed E-state index contributed by atoms with van der Waals surface area (Å²) in [5.74, 6) is 0.169. The average Bonchev–Trinajstić information content (AvgIpc) is 2.25. The van der Waals surface area contributed by atoms with Crippen LogP contribution in [0.4, 0.5) is 0 Å². The van der Waals surface area contributed by atoms with E-state index in [2.05, 4.69) is 0 Å². The molecule has 0 saturated heterocycles. The molecule has 1 rings (SSSR count). The molecule has 3 N–H and O–H groups in total. The zero-order chi connectivity index (χ0) is 12.1. The molecule has 4 heteroatoms. The fourth-order valence-electron chi connectivity index (χ4n) is 1.32. The van der Waals surface area contributed by atoms with E-state index in [9.17, 15) is 4.79 Å². The number of amides is 1. The van der Waals surface area contributed by atoms with Gasteiger partial charge in [-0.25, -0.2) is 0 Å². The molecule has 0 fully saturated rings. The predicted molar refractivity (Wildman–Crippen MR) is 63.6 cm³/mol. The van der Waals surface area contributed by atoms with Crippen molar-refractivity contribution in [3.8, 4) is 5.75 Å². The molecule has 0 unspecified atom stereocenters. The van der Waals surface area contributed by atoms with Gasteiger partial charge in [0.15, 0.2) is 0 Å². The summed E-state index contributed by atoms with van der Waals surface area (Å²) in [6, 6.07) is 7.11. The van der Waals surface area contributed by atoms with Gasteiger partial charge >= 0.3 is 0 Å². The SMILES string of the molecule is COc1ccc(/C(=C/C(N)=O)C(C)=N)cc1. The highest BCUT2D eigenvalue weighted by molar-refractivity contribution is 6.24. The second-order valence-corrected chi connectivity index (χ2v) is 3.31. The highest BCUT2D eigenvalue weighted by Gasteiger charge is 2.05. The van der Waals surface area contributed by atoms with Crippen molar-refractivity contribution < 1.29 is 9.53 Å². The van der Waals surface area contributed by atoms with Crippen LogP contribution in [0.5, 0.6) is 5.75 Å². The maximum absolute atomic E-state index is 10.8. The zero-order valence-electron chi connectivity index (χ0n) is 9.28. The Morgan fingerprint density at radius 2 is 1.94 bits per heavy atom. The lowest BCUT2D eigenvalue weighted by atomic mass is 10.0. The Hall–Kier alpha value is -2.10. The van der Waals surface area contributed by atoms with Gasteiger partial charge in [0.2, 0.25) is 5.91 Å². The number of carbonyl (C=O) groups is 1. The van der Waals surface area contributed by atoms with E-state index >= 15 is 0 Å². The lowest BCUT2D eigenvalue weighted by molar-refractivity contribution is -0.113. The number of methoxy groups -OCH3 is 1. The van der Waals surface area contributed by atoms with E-state index < -0.39 is 5.91 Å². The van der Waals surface area contributed by atoms with Crippen LogP contribution in [0.2, 0.25) is 0 Å². The van der Waals surface area contributed by atoms with Crippen LogP contribution in [0.25, 0.3) is 5.57 Å². The molecular formula is C12H14N2O2. The van der Waals surface area contributed by atoms with Crippen molar-refractivity contribution in [1.82, 2.24) is 0 Å². The molecule has 1 aromatic carbocycles. The number of nitrogens with one attached hydrogen (secondary N) is 1. The third kappa shape index (κ3) is 2.95. The number of primary amides is 1. The summed E-state index contributed by atoms with van der Waals surface area (Å²) in [6.07, 6.45) is 1.25. The summed E-state index contributed by atoms with van der Waals surface area (Å²) in [6.45, 7) is 1.61. The molecule has 0 aromatic heterocycles. The summed E-state index contributed by atoms with van der Waals surface area (Å²) in [5.41, 5.74) is 6.68. The lowest BCUT2D eigenvalue weighted by Gasteiger charge is -2.06. The fourth-order valence-corrected chi connectivity index (χ4v) is 1.32. The predicted octanol–water partition coefficient (Wildman–Crippen LogP) is 1.60.